The number of nitrogens with one attached hydrogen (secondary N) is 1. The summed E-state index contributed by atoms with van der Waals surface area (Å²) in [5, 5.41) is 2.40. The van der Waals surface area contributed by atoms with Crippen LogP contribution in [0.5, 0.6) is 0 Å². The number of imide groups is 1. The zero-order chi connectivity index (χ0) is 11.7. The lowest BCUT2D eigenvalue weighted by Crippen LogP contribution is -2.56. The summed E-state index contributed by atoms with van der Waals surface area (Å²) in [4.78, 5) is 24.8. The highest BCUT2D eigenvalue weighted by atomic mass is 16.5. The minimum Gasteiger partial charge on any atom is -0.381 e. The van der Waals surface area contributed by atoms with Gasteiger partial charge in [0.2, 0.25) is 5.91 Å². The Bertz CT molecular complexity index is 306. The summed E-state index contributed by atoms with van der Waals surface area (Å²) in [6.07, 6.45) is 3.09. The molecule has 2 fully saturated rings. The molecule has 1 saturated heterocycles. The fourth-order valence-corrected chi connectivity index (χ4v) is 2.49. The zero-order valence-electron chi connectivity index (χ0n) is 9.73. The summed E-state index contributed by atoms with van der Waals surface area (Å²) in [5.74, 6) is -0.276. The summed E-state index contributed by atoms with van der Waals surface area (Å²) in [6.45, 7) is 2.38. The quantitative estimate of drug-likeness (QED) is 0.755. The second-order valence-corrected chi connectivity index (χ2v) is 4.67. The Morgan fingerprint density at radius 3 is 2.75 bits per heavy atom. The number of amides is 3. The van der Waals surface area contributed by atoms with Crippen molar-refractivity contribution in [1.82, 2.24) is 10.2 Å². The van der Waals surface area contributed by atoms with Crippen LogP contribution in [0.15, 0.2) is 0 Å². The molecule has 16 heavy (non-hydrogen) atoms. The number of carbonyl (C=O) groups excluding carboxylic acids is 2. The van der Waals surface area contributed by atoms with Gasteiger partial charge in [0.05, 0.1) is 12.0 Å². The normalized spacial score (nSPS) is 35.4. The topological polar surface area (TPSA) is 58.6 Å². The van der Waals surface area contributed by atoms with Gasteiger partial charge in [-0.2, -0.15) is 0 Å². The molecule has 0 radical (unpaired) electrons. The van der Waals surface area contributed by atoms with Crippen LogP contribution in [0.4, 0.5) is 4.79 Å². The Balaban J connectivity index is 1.99. The van der Waals surface area contributed by atoms with E-state index in [1.807, 2.05) is 6.92 Å². The number of rotatable bonds is 2. The van der Waals surface area contributed by atoms with Crippen molar-refractivity contribution in [1.29, 1.82) is 0 Å². The maximum Gasteiger partial charge on any atom is 0.324 e. The van der Waals surface area contributed by atoms with Crippen molar-refractivity contribution < 1.29 is 14.3 Å². The van der Waals surface area contributed by atoms with Crippen molar-refractivity contribution in [2.75, 3.05) is 13.7 Å². The smallest absolute Gasteiger partial charge is 0.324 e. The van der Waals surface area contributed by atoms with E-state index in [1.54, 1.807) is 12.0 Å². The van der Waals surface area contributed by atoms with Crippen LogP contribution in [0.25, 0.3) is 0 Å². The van der Waals surface area contributed by atoms with Gasteiger partial charge >= 0.3 is 6.03 Å². The van der Waals surface area contributed by atoms with Gasteiger partial charge in [-0.25, -0.2) is 4.79 Å². The van der Waals surface area contributed by atoms with Gasteiger partial charge in [0.25, 0.3) is 0 Å². The van der Waals surface area contributed by atoms with E-state index in [0.717, 1.165) is 19.3 Å². The van der Waals surface area contributed by atoms with Gasteiger partial charge in [0.1, 0.15) is 0 Å². The second kappa shape index (κ2) is 4.41. The van der Waals surface area contributed by atoms with Crippen molar-refractivity contribution in [3.8, 4) is 0 Å². The molecule has 90 valence electrons. The van der Waals surface area contributed by atoms with Gasteiger partial charge in [0.15, 0.2) is 0 Å². The molecule has 3 amide bonds. The molecule has 1 aliphatic heterocycles. The predicted molar refractivity (Wildman–Crippen MR) is 57.8 cm³/mol. The van der Waals surface area contributed by atoms with Crippen LogP contribution in [0.1, 0.15) is 26.2 Å². The number of urea groups is 1. The lowest BCUT2D eigenvalue weighted by atomic mass is 10.1. The molecule has 5 heteroatoms. The monoisotopic (exact) mass is 226 g/mol. The highest BCUT2D eigenvalue weighted by Gasteiger charge is 2.37. The zero-order valence-corrected chi connectivity index (χ0v) is 9.73. The lowest BCUT2D eigenvalue weighted by molar-refractivity contribution is -0.125. The van der Waals surface area contributed by atoms with E-state index >= 15 is 0 Å². The maximum absolute atomic E-state index is 11.7. The molecule has 2 rings (SSSR count). The second-order valence-electron chi connectivity index (χ2n) is 4.67. The SMILES string of the molecule is COC1CCC(N2CC(C)C(=O)NC2=O)C1. The van der Waals surface area contributed by atoms with Crippen molar-refractivity contribution in [2.24, 2.45) is 5.92 Å². The fourth-order valence-electron chi connectivity index (χ4n) is 2.49. The average Bonchev–Trinajstić information content (AvgIpc) is 2.71. The molecule has 0 bridgehead atoms. The molecule has 0 spiro atoms. The predicted octanol–water partition coefficient (Wildman–Crippen LogP) is 0.742. The third-order valence-electron chi connectivity index (χ3n) is 3.54. The van der Waals surface area contributed by atoms with Crippen LogP contribution < -0.4 is 5.32 Å². The van der Waals surface area contributed by atoms with Crippen molar-refractivity contribution in [3.63, 3.8) is 0 Å². The molecule has 1 aliphatic carbocycles. The molecule has 2 aliphatic rings. The molecule has 1 saturated carbocycles. The van der Waals surface area contributed by atoms with Crippen molar-refractivity contribution in [3.05, 3.63) is 0 Å². The third kappa shape index (κ3) is 2.04. The van der Waals surface area contributed by atoms with Gasteiger partial charge in [-0.05, 0) is 19.3 Å². The molecule has 0 aromatic rings. The molecular weight excluding hydrogens is 208 g/mol. The van der Waals surface area contributed by atoms with E-state index in [1.165, 1.54) is 0 Å². The van der Waals surface area contributed by atoms with E-state index in [0.29, 0.717) is 6.54 Å². The number of methoxy groups -OCH3 is 1. The first-order chi connectivity index (χ1) is 7.61. The molecule has 0 aromatic carbocycles. The van der Waals surface area contributed by atoms with Gasteiger partial charge in [-0.1, -0.05) is 6.92 Å². The first kappa shape index (κ1) is 11.4. The Morgan fingerprint density at radius 2 is 2.12 bits per heavy atom. The first-order valence-electron chi connectivity index (χ1n) is 5.76. The van der Waals surface area contributed by atoms with E-state index in [9.17, 15) is 9.59 Å². The molecule has 1 heterocycles. The minimum absolute atomic E-state index is 0.112. The summed E-state index contributed by atoms with van der Waals surface area (Å²) < 4.78 is 5.29. The Labute approximate surface area is 95.1 Å². The molecular formula is C11H18N2O3. The van der Waals surface area contributed by atoms with E-state index in [2.05, 4.69) is 5.32 Å². The highest BCUT2D eigenvalue weighted by molar-refractivity contribution is 5.97. The van der Waals surface area contributed by atoms with Gasteiger partial charge in [0, 0.05) is 19.7 Å². The Kier molecular flexibility index (Phi) is 3.14. The summed E-state index contributed by atoms with van der Waals surface area (Å²) >= 11 is 0. The van der Waals surface area contributed by atoms with E-state index in [4.69, 9.17) is 4.74 Å². The average molecular weight is 226 g/mol. The van der Waals surface area contributed by atoms with Gasteiger partial charge in [-0.15, -0.1) is 0 Å². The number of nitrogens with zero attached hydrogens (tertiary/aromatic N) is 1. The number of hydrogen-bond donors (Lipinski definition) is 1. The standard InChI is InChI=1S/C11H18N2O3/c1-7-6-13(11(15)12-10(7)14)8-3-4-9(5-8)16-2/h7-9H,3-6H2,1-2H3,(H,12,14,15). The highest BCUT2D eigenvalue weighted by Crippen LogP contribution is 2.27. The van der Waals surface area contributed by atoms with Crippen LogP contribution in [0.3, 0.4) is 0 Å². The molecule has 1 N–H and O–H groups in total. The number of hydrogen-bond acceptors (Lipinski definition) is 3. The first-order valence-corrected chi connectivity index (χ1v) is 5.76. The van der Waals surface area contributed by atoms with E-state index < -0.39 is 0 Å². The molecule has 3 unspecified atom stereocenters. The van der Waals surface area contributed by atoms with Crippen molar-refractivity contribution in [2.45, 2.75) is 38.3 Å². The maximum atomic E-state index is 11.7. The van der Waals surface area contributed by atoms with Crippen LogP contribution in [0.2, 0.25) is 0 Å². The molecule has 0 aromatic heterocycles. The molecule has 3 atom stereocenters. The van der Waals surface area contributed by atoms with Gasteiger partial charge < -0.3 is 9.64 Å². The summed E-state index contributed by atoms with van der Waals surface area (Å²) in [7, 11) is 1.70. The summed E-state index contributed by atoms with van der Waals surface area (Å²) in [5.41, 5.74) is 0. The largest absolute Gasteiger partial charge is 0.381 e. The van der Waals surface area contributed by atoms with Crippen LogP contribution in [0, 0.1) is 5.92 Å². The third-order valence-corrected chi connectivity index (χ3v) is 3.54. The van der Waals surface area contributed by atoms with Crippen LogP contribution >= 0.6 is 0 Å². The number of carbonyl (C=O) groups is 2. The minimum atomic E-state index is -0.246. The van der Waals surface area contributed by atoms with E-state index in [-0.39, 0.29) is 30.0 Å². The van der Waals surface area contributed by atoms with Gasteiger partial charge in [-0.3, -0.25) is 10.1 Å². The Morgan fingerprint density at radius 1 is 1.38 bits per heavy atom. The Hall–Kier alpha value is -1.10. The number of ether oxygens (including phenoxy) is 1. The fraction of sp³-hybridized carbons (Fsp3) is 0.818. The van der Waals surface area contributed by atoms with Crippen molar-refractivity contribution >= 4 is 11.9 Å². The van der Waals surface area contributed by atoms with Crippen LogP contribution in [-0.4, -0.2) is 42.6 Å². The lowest BCUT2D eigenvalue weighted by Gasteiger charge is -2.34. The molecule has 5 nitrogen and oxygen atoms in total. The van der Waals surface area contributed by atoms with Crippen LogP contribution in [-0.2, 0) is 9.53 Å². The summed E-state index contributed by atoms with van der Waals surface area (Å²) in [6, 6.07) is -0.0228.